The molecule has 0 unspecified atom stereocenters. The second-order valence-corrected chi connectivity index (χ2v) is 5.39. The van der Waals surface area contributed by atoms with Gasteiger partial charge in [-0.05, 0) is 0 Å². The summed E-state index contributed by atoms with van der Waals surface area (Å²) in [5.74, 6) is -0.236. The number of hydrogen-bond acceptors (Lipinski definition) is 6. The second-order valence-electron chi connectivity index (χ2n) is 5.39. The normalized spacial score (nSPS) is 10.7. The molecule has 24 heavy (non-hydrogen) atoms. The molecular weight excluding hydrogens is 316 g/mol. The molecule has 0 radical (unpaired) electrons. The molecule has 0 rings (SSSR count). The Morgan fingerprint density at radius 3 is 1.96 bits per heavy atom. The van der Waals surface area contributed by atoms with Gasteiger partial charge in [0.1, 0.15) is 13.2 Å². The molecular formula is C16H30N2O6. The molecule has 0 saturated carbocycles. The first kappa shape index (κ1) is 22.5. The van der Waals surface area contributed by atoms with Crippen LogP contribution in [0.3, 0.4) is 0 Å². The SMILES string of the molecule is CCC(=O)NCCOCC(=O)NCCOCCOCC(=O)C(C)C. The molecule has 8 nitrogen and oxygen atoms in total. The maximum Gasteiger partial charge on any atom is 0.246 e. The van der Waals surface area contributed by atoms with Crippen LogP contribution < -0.4 is 10.6 Å². The summed E-state index contributed by atoms with van der Waals surface area (Å²) in [7, 11) is 0. The van der Waals surface area contributed by atoms with Crippen LogP contribution in [0.25, 0.3) is 0 Å². The molecule has 0 aromatic heterocycles. The van der Waals surface area contributed by atoms with Gasteiger partial charge in [-0.3, -0.25) is 14.4 Å². The molecule has 8 heteroatoms. The predicted octanol–water partition coefficient (Wildman–Crippen LogP) is -0.0963. The molecule has 0 spiro atoms. The second kappa shape index (κ2) is 15.0. The summed E-state index contributed by atoms with van der Waals surface area (Å²) in [4.78, 5) is 33.7. The van der Waals surface area contributed by atoms with Crippen LogP contribution in [-0.4, -0.2) is 70.3 Å². The predicted molar refractivity (Wildman–Crippen MR) is 88.6 cm³/mol. The van der Waals surface area contributed by atoms with E-state index in [0.717, 1.165) is 0 Å². The number of hydrogen-bond donors (Lipinski definition) is 2. The van der Waals surface area contributed by atoms with Gasteiger partial charge in [0.2, 0.25) is 11.8 Å². The van der Waals surface area contributed by atoms with Crippen molar-refractivity contribution in [3.05, 3.63) is 0 Å². The highest BCUT2D eigenvalue weighted by Gasteiger charge is 2.06. The third-order valence-electron chi connectivity index (χ3n) is 2.95. The van der Waals surface area contributed by atoms with Crippen molar-refractivity contribution >= 4 is 17.6 Å². The van der Waals surface area contributed by atoms with Gasteiger partial charge in [-0.2, -0.15) is 0 Å². The van der Waals surface area contributed by atoms with Gasteiger partial charge >= 0.3 is 0 Å². The number of amides is 2. The molecule has 0 aliphatic rings. The summed E-state index contributed by atoms with van der Waals surface area (Å²) >= 11 is 0. The van der Waals surface area contributed by atoms with E-state index in [0.29, 0.717) is 45.9 Å². The molecule has 2 N–H and O–H groups in total. The zero-order valence-corrected chi connectivity index (χ0v) is 14.9. The molecule has 0 aromatic rings. The number of ether oxygens (including phenoxy) is 3. The lowest BCUT2D eigenvalue weighted by Gasteiger charge is -2.08. The molecule has 140 valence electrons. The van der Waals surface area contributed by atoms with Crippen LogP contribution in [0.15, 0.2) is 0 Å². The lowest BCUT2D eigenvalue weighted by molar-refractivity contribution is -0.128. The molecule has 0 aromatic carbocycles. The summed E-state index contributed by atoms with van der Waals surface area (Å²) in [6.07, 6.45) is 0.430. The first-order valence-electron chi connectivity index (χ1n) is 8.26. The monoisotopic (exact) mass is 346 g/mol. The van der Waals surface area contributed by atoms with Crippen LogP contribution in [0.2, 0.25) is 0 Å². The number of ketones is 1. The minimum atomic E-state index is -0.237. The van der Waals surface area contributed by atoms with Gasteiger partial charge in [-0.25, -0.2) is 0 Å². The average Bonchev–Trinajstić information content (AvgIpc) is 2.56. The fourth-order valence-corrected chi connectivity index (χ4v) is 1.43. The van der Waals surface area contributed by atoms with Crippen molar-refractivity contribution in [2.75, 3.05) is 52.7 Å². The van der Waals surface area contributed by atoms with E-state index >= 15 is 0 Å². The van der Waals surface area contributed by atoms with E-state index < -0.39 is 0 Å². The van der Waals surface area contributed by atoms with E-state index in [4.69, 9.17) is 14.2 Å². The number of rotatable bonds is 15. The minimum absolute atomic E-state index is 0.0220. The Morgan fingerprint density at radius 1 is 0.792 bits per heavy atom. The molecule has 0 atom stereocenters. The third-order valence-corrected chi connectivity index (χ3v) is 2.95. The van der Waals surface area contributed by atoms with Gasteiger partial charge in [-0.1, -0.05) is 20.8 Å². The van der Waals surface area contributed by atoms with E-state index in [1.54, 1.807) is 6.92 Å². The fraction of sp³-hybridized carbons (Fsp3) is 0.812. The first-order valence-corrected chi connectivity index (χ1v) is 8.26. The summed E-state index contributed by atoms with van der Waals surface area (Å²) in [6.45, 7) is 7.61. The Kier molecular flexibility index (Phi) is 14.1. The minimum Gasteiger partial charge on any atom is -0.377 e. The number of carbonyl (C=O) groups excluding carboxylic acids is 3. The molecule has 2 amide bonds. The van der Waals surface area contributed by atoms with Gasteiger partial charge in [-0.15, -0.1) is 0 Å². The Labute approximate surface area is 143 Å². The van der Waals surface area contributed by atoms with Gasteiger partial charge in [0.25, 0.3) is 0 Å². The number of carbonyl (C=O) groups is 3. The number of nitrogens with one attached hydrogen (secondary N) is 2. The van der Waals surface area contributed by atoms with E-state index in [9.17, 15) is 14.4 Å². The maximum absolute atomic E-state index is 11.4. The summed E-state index contributed by atoms with van der Waals surface area (Å²) in [5.41, 5.74) is 0. The van der Waals surface area contributed by atoms with E-state index in [2.05, 4.69) is 10.6 Å². The third kappa shape index (κ3) is 14.1. The summed E-state index contributed by atoms with van der Waals surface area (Å²) < 4.78 is 15.6. The van der Waals surface area contributed by atoms with Crippen molar-refractivity contribution in [2.24, 2.45) is 5.92 Å². The van der Waals surface area contributed by atoms with Crippen molar-refractivity contribution in [3.63, 3.8) is 0 Å². The van der Waals surface area contributed by atoms with Crippen LogP contribution >= 0.6 is 0 Å². The van der Waals surface area contributed by atoms with Crippen LogP contribution in [0.4, 0.5) is 0 Å². The van der Waals surface area contributed by atoms with Gasteiger partial charge in [0.15, 0.2) is 5.78 Å². The molecule has 0 saturated heterocycles. The van der Waals surface area contributed by atoms with Gasteiger partial charge < -0.3 is 24.8 Å². The average molecular weight is 346 g/mol. The van der Waals surface area contributed by atoms with Crippen molar-refractivity contribution < 1.29 is 28.6 Å². The lowest BCUT2D eigenvalue weighted by Crippen LogP contribution is -2.32. The summed E-state index contributed by atoms with van der Waals surface area (Å²) in [6, 6.07) is 0. The zero-order chi connectivity index (χ0) is 18.2. The quantitative estimate of drug-likeness (QED) is 0.402. The van der Waals surface area contributed by atoms with Crippen LogP contribution in [0.1, 0.15) is 27.2 Å². The highest BCUT2D eigenvalue weighted by molar-refractivity contribution is 5.81. The highest BCUT2D eigenvalue weighted by atomic mass is 16.5. The van der Waals surface area contributed by atoms with Crippen molar-refractivity contribution in [2.45, 2.75) is 27.2 Å². The largest absolute Gasteiger partial charge is 0.377 e. The Balaban J connectivity index is 3.32. The van der Waals surface area contributed by atoms with E-state index in [1.165, 1.54) is 0 Å². The van der Waals surface area contributed by atoms with Crippen LogP contribution in [0, 0.1) is 5.92 Å². The molecule has 0 aliphatic carbocycles. The van der Waals surface area contributed by atoms with Crippen molar-refractivity contribution in [1.29, 1.82) is 0 Å². The van der Waals surface area contributed by atoms with Crippen molar-refractivity contribution in [1.82, 2.24) is 10.6 Å². The molecule has 0 heterocycles. The maximum atomic E-state index is 11.4. The lowest BCUT2D eigenvalue weighted by atomic mass is 10.1. The summed E-state index contributed by atoms with van der Waals surface area (Å²) in [5, 5.41) is 5.29. The van der Waals surface area contributed by atoms with Crippen LogP contribution in [0.5, 0.6) is 0 Å². The van der Waals surface area contributed by atoms with Crippen molar-refractivity contribution in [3.8, 4) is 0 Å². The fourth-order valence-electron chi connectivity index (χ4n) is 1.43. The Hall–Kier alpha value is -1.51. The Morgan fingerprint density at radius 2 is 1.33 bits per heavy atom. The molecule has 0 aliphatic heterocycles. The first-order chi connectivity index (χ1) is 11.5. The molecule has 0 fully saturated rings. The van der Waals surface area contributed by atoms with E-state index in [-0.39, 0.29) is 36.7 Å². The molecule has 0 bridgehead atoms. The highest BCUT2D eigenvalue weighted by Crippen LogP contribution is 1.94. The topological polar surface area (TPSA) is 103 Å². The standard InChI is InChI=1S/C16H30N2O6/c1-4-15(20)17-6-8-23-12-16(21)18-5-7-22-9-10-24-11-14(19)13(2)3/h13H,4-12H2,1-3H3,(H,17,20)(H,18,21). The van der Waals surface area contributed by atoms with Crippen LogP contribution in [-0.2, 0) is 28.6 Å². The Bertz CT molecular complexity index is 374. The smallest absolute Gasteiger partial charge is 0.246 e. The van der Waals surface area contributed by atoms with E-state index in [1.807, 2.05) is 13.8 Å². The zero-order valence-electron chi connectivity index (χ0n) is 14.9. The number of Topliss-reactive ketones (excluding diaryl/α,β-unsaturated/α-hetero) is 1. The van der Waals surface area contributed by atoms with Gasteiger partial charge in [0, 0.05) is 25.4 Å². The van der Waals surface area contributed by atoms with Gasteiger partial charge in [0.05, 0.1) is 26.4 Å².